The monoisotopic (exact) mass is 617 g/mol. The smallest absolute Gasteiger partial charge is 0.264 e. The molecule has 0 heterocycles. The third-order valence-electron chi connectivity index (χ3n) is 6.27. The van der Waals surface area contributed by atoms with Crippen LogP contribution in [0.3, 0.4) is 0 Å². The van der Waals surface area contributed by atoms with Crippen LogP contribution < -0.4 is 14.4 Å². The van der Waals surface area contributed by atoms with Crippen LogP contribution in [-0.2, 0) is 26.2 Å². The molecule has 0 saturated heterocycles. The summed E-state index contributed by atoms with van der Waals surface area (Å²) >= 11 is 6.00. The summed E-state index contributed by atoms with van der Waals surface area (Å²) in [5.74, 6) is -0.889. The van der Waals surface area contributed by atoms with Crippen LogP contribution in [-0.4, -0.2) is 49.9 Å². The van der Waals surface area contributed by atoms with Crippen LogP contribution in [0.2, 0.25) is 5.02 Å². The maximum absolute atomic E-state index is 14.1. The Balaban J connectivity index is 2.07. The summed E-state index contributed by atoms with van der Waals surface area (Å²) in [5, 5.41) is 3.27. The number of halogens is 2. The first-order valence-electron chi connectivity index (χ1n) is 13.6. The number of benzene rings is 3. The summed E-state index contributed by atoms with van der Waals surface area (Å²) in [4.78, 5) is 28.7. The van der Waals surface area contributed by atoms with Crippen LogP contribution in [0.1, 0.15) is 46.6 Å². The molecule has 1 atom stereocenters. The number of hydrogen-bond acceptors (Lipinski definition) is 5. The van der Waals surface area contributed by atoms with E-state index in [1.54, 1.807) is 31.2 Å². The van der Waals surface area contributed by atoms with Crippen LogP contribution in [0, 0.1) is 5.82 Å². The molecule has 1 unspecified atom stereocenters. The van der Waals surface area contributed by atoms with Gasteiger partial charge in [-0.2, -0.15) is 0 Å². The third kappa shape index (κ3) is 8.69. The minimum atomic E-state index is -4.25. The van der Waals surface area contributed by atoms with Crippen molar-refractivity contribution in [3.63, 3.8) is 0 Å². The fourth-order valence-electron chi connectivity index (χ4n) is 4.30. The molecule has 3 rings (SSSR count). The quantitative estimate of drug-likeness (QED) is 0.277. The van der Waals surface area contributed by atoms with E-state index in [9.17, 15) is 22.4 Å². The molecular formula is C31H37ClFN3O5S. The molecule has 1 N–H and O–H groups in total. The highest BCUT2D eigenvalue weighted by Gasteiger charge is 2.34. The Morgan fingerprint density at radius 3 is 2.07 bits per heavy atom. The summed E-state index contributed by atoms with van der Waals surface area (Å²) < 4.78 is 48.0. The Kier molecular flexibility index (Phi) is 11.0. The fourth-order valence-corrected chi connectivity index (χ4v) is 5.84. The van der Waals surface area contributed by atoms with Crippen molar-refractivity contribution in [1.29, 1.82) is 0 Å². The molecule has 0 radical (unpaired) electrons. The van der Waals surface area contributed by atoms with Gasteiger partial charge >= 0.3 is 0 Å². The van der Waals surface area contributed by atoms with Gasteiger partial charge in [0.2, 0.25) is 11.8 Å². The fraction of sp³-hybridized carbons (Fsp3) is 0.355. The van der Waals surface area contributed by atoms with Gasteiger partial charge in [0.05, 0.1) is 17.2 Å². The molecule has 42 heavy (non-hydrogen) atoms. The number of carbonyl (C=O) groups is 2. The Bertz CT molecular complexity index is 1460. The van der Waals surface area contributed by atoms with Crippen LogP contribution in [0.4, 0.5) is 10.1 Å². The van der Waals surface area contributed by atoms with Gasteiger partial charge in [0, 0.05) is 17.1 Å². The molecule has 0 bridgehead atoms. The molecular weight excluding hydrogens is 581 g/mol. The Morgan fingerprint density at radius 2 is 1.55 bits per heavy atom. The first-order chi connectivity index (χ1) is 19.7. The second-order valence-corrected chi connectivity index (χ2v) is 13.0. The number of ether oxygens (including phenoxy) is 1. The predicted octanol–water partition coefficient (Wildman–Crippen LogP) is 5.80. The number of carbonyl (C=O) groups excluding carboxylic acids is 2. The highest BCUT2D eigenvalue weighted by atomic mass is 35.5. The number of anilines is 1. The standard InChI is InChI=1S/C31H37ClFN3O5S/c1-6-28(30(38)34-31(3,4)5)35(20-22-8-12-24(33)13-9-22)29(37)21-36(25-14-16-26(17-15-25)41-7-2)42(39,40)27-18-10-23(32)11-19-27/h8-19,28H,6-7,20-21H2,1-5H3,(H,34,38). The lowest BCUT2D eigenvalue weighted by Gasteiger charge is -2.34. The minimum absolute atomic E-state index is 0.0344. The zero-order valence-corrected chi connectivity index (χ0v) is 26.0. The van der Waals surface area contributed by atoms with E-state index in [-0.39, 0.29) is 29.5 Å². The van der Waals surface area contributed by atoms with Crippen molar-refractivity contribution in [3.8, 4) is 5.75 Å². The first-order valence-corrected chi connectivity index (χ1v) is 15.4. The van der Waals surface area contributed by atoms with Gasteiger partial charge in [0.1, 0.15) is 24.2 Å². The number of hydrogen-bond donors (Lipinski definition) is 1. The Labute approximate surface area is 252 Å². The summed E-state index contributed by atoms with van der Waals surface area (Å²) in [7, 11) is -4.25. The van der Waals surface area contributed by atoms with E-state index in [1.807, 2.05) is 27.7 Å². The largest absolute Gasteiger partial charge is 0.494 e. The summed E-state index contributed by atoms with van der Waals surface area (Å²) in [5.41, 5.74) is 0.247. The molecule has 226 valence electrons. The second kappa shape index (κ2) is 14.0. The SMILES string of the molecule is CCOc1ccc(N(CC(=O)N(Cc2ccc(F)cc2)C(CC)C(=O)NC(C)(C)C)S(=O)(=O)c2ccc(Cl)cc2)cc1. The van der Waals surface area contributed by atoms with Gasteiger partial charge in [0.15, 0.2) is 0 Å². The number of nitrogens with zero attached hydrogens (tertiary/aromatic N) is 2. The van der Waals surface area contributed by atoms with Crippen molar-refractivity contribution < 1.29 is 27.1 Å². The van der Waals surface area contributed by atoms with Crippen molar-refractivity contribution in [1.82, 2.24) is 10.2 Å². The van der Waals surface area contributed by atoms with E-state index in [4.69, 9.17) is 16.3 Å². The Hall–Kier alpha value is -3.63. The van der Waals surface area contributed by atoms with E-state index in [2.05, 4.69) is 5.32 Å². The van der Waals surface area contributed by atoms with Crippen molar-refractivity contribution in [2.75, 3.05) is 17.5 Å². The number of nitrogens with one attached hydrogen (secondary N) is 1. The zero-order valence-electron chi connectivity index (χ0n) is 24.4. The molecule has 3 aromatic rings. The normalized spacial score (nSPS) is 12.4. The van der Waals surface area contributed by atoms with Gasteiger partial charge in [-0.25, -0.2) is 12.8 Å². The number of amides is 2. The van der Waals surface area contributed by atoms with Gasteiger partial charge < -0.3 is 15.0 Å². The van der Waals surface area contributed by atoms with E-state index in [0.717, 1.165) is 4.31 Å². The Morgan fingerprint density at radius 1 is 0.952 bits per heavy atom. The summed E-state index contributed by atoms with van der Waals surface area (Å²) in [6, 6.07) is 16.7. The highest BCUT2D eigenvalue weighted by molar-refractivity contribution is 7.92. The van der Waals surface area contributed by atoms with Crippen LogP contribution in [0.15, 0.2) is 77.7 Å². The molecule has 0 fully saturated rings. The van der Waals surface area contributed by atoms with Crippen LogP contribution in [0.25, 0.3) is 0 Å². The van der Waals surface area contributed by atoms with E-state index >= 15 is 0 Å². The van der Waals surface area contributed by atoms with Gasteiger partial charge in [0.25, 0.3) is 10.0 Å². The molecule has 11 heteroatoms. The lowest BCUT2D eigenvalue weighted by atomic mass is 10.1. The number of rotatable bonds is 12. The third-order valence-corrected chi connectivity index (χ3v) is 8.31. The van der Waals surface area contributed by atoms with Crippen molar-refractivity contribution in [2.24, 2.45) is 0 Å². The van der Waals surface area contributed by atoms with Crippen molar-refractivity contribution in [3.05, 3.63) is 89.2 Å². The topological polar surface area (TPSA) is 96.0 Å². The molecule has 0 saturated carbocycles. The summed E-state index contributed by atoms with van der Waals surface area (Å²) in [6.45, 7) is 8.89. The maximum atomic E-state index is 14.1. The zero-order chi connectivity index (χ0) is 31.1. The molecule has 3 aromatic carbocycles. The molecule has 8 nitrogen and oxygen atoms in total. The molecule has 0 spiro atoms. The summed E-state index contributed by atoms with van der Waals surface area (Å²) in [6.07, 6.45) is 0.266. The maximum Gasteiger partial charge on any atom is 0.264 e. The van der Waals surface area contributed by atoms with E-state index in [0.29, 0.717) is 22.9 Å². The lowest BCUT2D eigenvalue weighted by molar-refractivity contribution is -0.141. The second-order valence-electron chi connectivity index (χ2n) is 10.7. The predicted molar refractivity (Wildman–Crippen MR) is 163 cm³/mol. The molecule has 0 aliphatic heterocycles. The molecule has 0 aliphatic rings. The molecule has 2 amide bonds. The van der Waals surface area contributed by atoms with E-state index in [1.165, 1.54) is 53.4 Å². The van der Waals surface area contributed by atoms with Crippen molar-refractivity contribution in [2.45, 2.75) is 64.1 Å². The first kappa shape index (κ1) is 32.9. The van der Waals surface area contributed by atoms with Crippen LogP contribution >= 0.6 is 11.6 Å². The lowest BCUT2D eigenvalue weighted by Crippen LogP contribution is -2.55. The average molecular weight is 618 g/mol. The minimum Gasteiger partial charge on any atom is -0.494 e. The van der Waals surface area contributed by atoms with Gasteiger partial charge in [-0.05, 0) is 100 Å². The van der Waals surface area contributed by atoms with Gasteiger partial charge in [-0.3, -0.25) is 13.9 Å². The van der Waals surface area contributed by atoms with Gasteiger partial charge in [-0.15, -0.1) is 0 Å². The molecule has 0 aliphatic carbocycles. The van der Waals surface area contributed by atoms with Crippen molar-refractivity contribution >= 4 is 39.1 Å². The van der Waals surface area contributed by atoms with E-state index < -0.39 is 39.9 Å². The average Bonchev–Trinajstić information content (AvgIpc) is 2.92. The highest BCUT2D eigenvalue weighted by Crippen LogP contribution is 2.27. The van der Waals surface area contributed by atoms with Crippen LogP contribution in [0.5, 0.6) is 5.75 Å². The number of sulfonamides is 1. The van der Waals surface area contributed by atoms with Gasteiger partial charge in [-0.1, -0.05) is 30.7 Å². The molecule has 0 aromatic heterocycles.